The van der Waals surface area contributed by atoms with Gasteiger partial charge in [0, 0.05) is 48.9 Å². The molecule has 144 valence electrons. The Balaban J connectivity index is 1.51. The number of hydrogen-bond donors (Lipinski definition) is 0. The fourth-order valence-corrected chi connectivity index (χ4v) is 4.10. The fraction of sp³-hybridized carbons (Fsp3) is 0.348. The first-order chi connectivity index (χ1) is 13.6. The molecule has 2 aromatic carbocycles. The van der Waals surface area contributed by atoms with Gasteiger partial charge in [-0.3, -0.25) is 0 Å². The molecule has 0 radical (unpaired) electrons. The van der Waals surface area contributed by atoms with Crippen molar-refractivity contribution >= 4 is 16.5 Å². The number of nitrogens with zero attached hydrogens (tertiary/aromatic N) is 2. The van der Waals surface area contributed by atoms with Crippen LogP contribution in [0.5, 0.6) is 5.75 Å². The Bertz CT molecular complexity index is 1100. The van der Waals surface area contributed by atoms with Gasteiger partial charge < -0.3 is 19.0 Å². The monoisotopic (exact) mass is 376 g/mol. The van der Waals surface area contributed by atoms with E-state index >= 15 is 0 Å². The van der Waals surface area contributed by atoms with E-state index in [1.54, 1.807) is 0 Å². The predicted octanol–water partition coefficient (Wildman–Crippen LogP) is 3.71. The quantitative estimate of drug-likeness (QED) is 0.682. The van der Waals surface area contributed by atoms with Crippen LogP contribution in [0.15, 0.2) is 51.7 Å². The first kappa shape index (κ1) is 17.3. The van der Waals surface area contributed by atoms with Gasteiger partial charge in [-0.15, -0.1) is 0 Å². The maximum atomic E-state index is 12.7. The van der Waals surface area contributed by atoms with E-state index in [1.165, 1.54) is 5.56 Å². The lowest BCUT2D eigenvalue weighted by Gasteiger charge is -2.34. The van der Waals surface area contributed by atoms with Crippen molar-refractivity contribution in [1.29, 1.82) is 0 Å². The summed E-state index contributed by atoms with van der Waals surface area (Å²) in [5, 5.41) is 1.53. The van der Waals surface area contributed by atoms with Crippen LogP contribution in [-0.4, -0.2) is 44.7 Å². The molecular formula is C23H24N2O3. The second kappa shape index (κ2) is 6.67. The maximum Gasteiger partial charge on any atom is 0.344 e. The average molecular weight is 376 g/mol. The number of rotatable bonds is 2. The summed E-state index contributed by atoms with van der Waals surface area (Å²) < 4.78 is 11.4. The lowest BCUT2D eigenvalue weighted by molar-refractivity contribution is 0.313. The molecule has 0 amide bonds. The third kappa shape index (κ3) is 2.96. The number of hydrogen-bond acceptors (Lipinski definition) is 5. The highest BCUT2D eigenvalue weighted by Gasteiger charge is 2.21. The molecule has 1 atom stereocenters. The first-order valence-electron chi connectivity index (χ1n) is 9.87. The smallest absolute Gasteiger partial charge is 0.344 e. The molecule has 0 spiro atoms. The lowest BCUT2D eigenvalue weighted by Crippen LogP contribution is -2.44. The van der Waals surface area contributed by atoms with Gasteiger partial charge in [0.25, 0.3) is 0 Å². The molecule has 0 bridgehead atoms. The lowest BCUT2D eigenvalue weighted by atomic mass is 10.0. The molecule has 28 heavy (non-hydrogen) atoms. The van der Waals surface area contributed by atoms with Crippen LogP contribution in [0.25, 0.3) is 22.1 Å². The van der Waals surface area contributed by atoms with Crippen LogP contribution < -0.4 is 15.3 Å². The average Bonchev–Trinajstić information content (AvgIpc) is 3.08. The van der Waals surface area contributed by atoms with Gasteiger partial charge in [0.05, 0.1) is 12.0 Å². The van der Waals surface area contributed by atoms with Crippen LogP contribution in [-0.2, 0) is 0 Å². The van der Waals surface area contributed by atoms with E-state index in [0.29, 0.717) is 23.7 Å². The molecule has 1 aromatic heterocycles. The summed E-state index contributed by atoms with van der Waals surface area (Å²) in [4.78, 5) is 17.4. The number of benzene rings is 2. The molecule has 0 aliphatic carbocycles. The van der Waals surface area contributed by atoms with Crippen LogP contribution in [0.2, 0.25) is 0 Å². The van der Waals surface area contributed by atoms with Gasteiger partial charge in [0.2, 0.25) is 0 Å². The van der Waals surface area contributed by atoms with Gasteiger partial charge in [-0.05, 0) is 36.7 Å². The van der Waals surface area contributed by atoms with Crippen molar-refractivity contribution in [3.05, 3.63) is 58.4 Å². The second-order valence-electron chi connectivity index (χ2n) is 7.92. The van der Waals surface area contributed by atoms with Crippen LogP contribution >= 0.6 is 0 Å². The van der Waals surface area contributed by atoms with Gasteiger partial charge in [-0.1, -0.05) is 25.1 Å². The largest absolute Gasteiger partial charge is 0.493 e. The first-order valence-corrected chi connectivity index (χ1v) is 9.87. The molecule has 2 aliphatic rings. The van der Waals surface area contributed by atoms with E-state index in [-0.39, 0.29) is 5.63 Å². The van der Waals surface area contributed by atoms with Crippen molar-refractivity contribution in [1.82, 2.24) is 4.90 Å². The zero-order chi connectivity index (χ0) is 19.3. The molecular weight excluding hydrogens is 352 g/mol. The number of likely N-dealkylation sites (N-methyl/N-ethyl adjacent to an activating group) is 1. The van der Waals surface area contributed by atoms with E-state index in [0.717, 1.165) is 48.6 Å². The van der Waals surface area contributed by atoms with Crippen LogP contribution in [0, 0.1) is 0 Å². The predicted molar refractivity (Wildman–Crippen MR) is 112 cm³/mol. The Morgan fingerprint density at radius 3 is 2.64 bits per heavy atom. The summed E-state index contributed by atoms with van der Waals surface area (Å²) >= 11 is 0. The Morgan fingerprint density at radius 1 is 1.00 bits per heavy atom. The van der Waals surface area contributed by atoms with Gasteiger partial charge in [-0.25, -0.2) is 4.79 Å². The molecule has 1 saturated heterocycles. The summed E-state index contributed by atoms with van der Waals surface area (Å²) in [5.74, 6) is 1.87. The van der Waals surface area contributed by atoms with Crippen LogP contribution in [0.1, 0.15) is 18.4 Å². The molecule has 5 heteroatoms. The molecule has 1 fully saturated rings. The zero-order valence-electron chi connectivity index (χ0n) is 16.3. The normalized spacial score (nSPS) is 19.6. The molecule has 3 heterocycles. The standard InChI is InChI=1S/C23H24N2O3/c1-15-14-27-22-12-17(4-6-19(15)22)21-11-16-3-5-18(13-20(16)23(26)28-21)25-9-7-24(2)8-10-25/h3-6,11-13,15H,7-10,14H2,1-2H3. The summed E-state index contributed by atoms with van der Waals surface area (Å²) in [5.41, 5.74) is 2.87. The summed E-state index contributed by atoms with van der Waals surface area (Å²) in [6.07, 6.45) is 0. The second-order valence-corrected chi connectivity index (χ2v) is 7.92. The Kier molecular flexibility index (Phi) is 4.13. The van der Waals surface area contributed by atoms with Crippen molar-refractivity contribution < 1.29 is 9.15 Å². The van der Waals surface area contributed by atoms with Crippen LogP contribution in [0.3, 0.4) is 0 Å². The molecule has 3 aromatic rings. The highest BCUT2D eigenvalue weighted by atomic mass is 16.5. The van der Waals surface area contributed by atoms with Crippen molar-refractivity contribution in [2.24, 2.45) is 0 Å². The van der Waals surface area contributed by atoms with E-state index in [4.69, 9.17) is 9.15 Å². The summed E-state index contributed by atoms with van der Waals surface area (Å²) in [7, 11) is 2.14. The number of anilines is 1. The minimum Gasteiger partial charge on any atom is -0.493 e. The topological polar surface area (TPSA) is 45.9 Å². The highest BCUT2D eigenvalue weighted by Crippen LogP contribution is 2.37. The summed E-state index contributed by atoms with van der Waals surface area (Å²) in [6.45, 7) is 6.86. The third-order valence-corrected chi connectivity index (χ3v) is 5.93. The Labute approximate surface area is 164 Å². The third-order valence-electron chi connectivity index (χ3n) is 5.93. The zero-order valence-corrected chi connectivity index (χ0v) is 16.3. The molecule has 2 aliphatic heterocycles. The van der Waals surface area contributed by atoms with Gasteiger partial charge >= 0.3 is 5.63 Å². The highest BCUT2D eigenvalue weighted by molar-refractivity contribution is 5.87. The Morgan fingerprint density at radius 2 is 1.82 bits per heavy atom. The van der Waals surface area contributed by atoms with E-state index in [2.05, 4.69) is 35.9 Å². The van der Waals surface area contributed by atoms with Crippen LogP contribution in [0.4, 0.5) is 5.69 Å². The van der Waals surface area contributed by atoms with Crippen molar-refractivity contribution in [3.8, 4) is 17.1 Å². The Hall–Kier alpha value is -2.79. The van der Waals surface area contributed by atoms with Crippen molar-refractivity contribution in [3.63, 3.8) is 0 Å². The summed E-state index contributed by atoms with van der Waals surface area (Å²) in [6, 6.07) is 14.1. The molecule has 0 saturated carbocycles. The molecule has 5 nitrogen and oxygen atoms in total. The maximum absolute atomic E-state index is 12.7. The molecule has 1 unspecified atom stereocenters. The number of piperazine rings is 1. The van der Waals surface area contributed by atoms with Crippen molar-refractivity contribution in [2.45, 2.75) is 12.8 Å². The van der Waals surface area contributed by atoms with E-state index in [9.17, 15) is 4.79 Å². The van der Waals surface area contributed by atoms with Gasteiger partial charge in [0.15, 0.2) is 0 Å². The van der Waals surface area contributed by atoms with E-state index in [1.807, 2.05) is 30.3 Å². The van der Waals surface area contributed by atoms with E-state index < -0.39 is 0 Å². The molecule has 0 N–H and O–H groups in total. The number of fused-ring (bicyclic) bond motifs is 2. The van der Waals surface area contributed by atoms with Crippen molar-refractivity contribution in [2.75, 3.05) is 44.7 Å². The minimum absolute atomic E-state index is 0.293. The minimum atomic E-state index is -0.293. The van der Waals surface area contributed by atoms with Gasteiger partial charge in [0.1, 0.15) is 11.5 Å². The number of ether oxygens (including phenoxy) is 1. The fourth-order valence-electron chi connectivity index (χ4n) is 4.10. The molecule has 5 rings (SSSR count). The SMILES string of the molecule is CC1COc2cc(-c3cc4ccc(N5CCN(C)CC5)cc4c(=O)o3)ccc21. The van der Waals surface area contributed by atoms with Gasteiger partial charge in [-0.2, -0.15) is 0 Å².